The first kappa shape index (κ1) is 11.6. The van der Waals surface area contributed by atoms with E-state index in [0.29, 0.717) is 0 Å². The molecule has 2 aromatic heterocycles. The molecule has 0 radical (unpaired) electrons. The monoisotopic (exact) mass is 250 g/mol. The van der Waals surface area contributed by atoms with E-state index in [-0.39, 0.29) is 23.7 Å². The summed E-state index contributed by atoms with van der Waals surface area (Å²) < 4.78 is 9.62. The first-order chi connectivity index (χ1) is 8.20. The minimum Gasteiger partial charge on any atom is -0.463 e. The van der Waals surface area contributed by atoms with Gasteiger partial charge in [-0.25, -0.2) is 4.79 Å². The third kappa shape index (κ3) is 2.62. The molecule has 0 unspecified atom stereocenters. The number of carbonyl (C=O) groups excluding carboxylic acids is 2. The van der Waals surface area contributed by atoms with Crippen molar-refractivity contribution in [3.8, 4) is 0 Å². The fourth-order valence-electron chi connectivity index (χ4n) is 1.36. The molecule has 2 aromatic rings. The van der Waals surface area contributed by atoms with E-state index < -0.39 is 5.97 Å². The van der Waals surface area contributed by atoms with Crippen molar-refractivity contribution in [3.05, 3.63) is 46.0 Å². The van der Waals surface area contributed by atoms with E-state index in [9.17, 15) is 9.59 Å². The van der Waals surface area contributed by atoms with Gasteiger partial charge >= 0.3 is 5.97 Å². The number of furan rings is 1. The SMILES string of the molecule is COC(=O)c1ccc(C(=O)Cc2ccsc2)o1. The standard InChI is InChI=1S/C12H10O4S/c1-15-12(14)11-3-2-10(16-11)9(13)6-8-4-5-17-7-8/h2-5,7H,6H2,1H3. The fraction of sp³-hybridized carbons (Fsp3) is 0.167. The van der Waals surface area contributed by atoms with Crippen molar-refractivity contribution in [2.45, 2.75) is 6.42 Å². The molecular weight excluding hydrogens is 240 g/mol. The Morgan fingerprint density at radius 2 is 2.06 bits per heavy atom. The highest BCUT2D eigenvalue weighted by Gasteiger charge is 2.16. The third-order valence-electron chi connectivity index (χ3n) is 2.21. The van der Waals surface area contributed by atoms with Crippen LogP contribution in [0.1, 0.15) is 26.7 Å². The predicted octanol–water partition coefficient (Wildman–Crippen LogP) is 2.55. The van der Waals surface area contributed by atoms with E-state index in [0.717, 1.165) is 5.56 Å². The Hall–Kier alpha value is -1.88. The van der Waals surface area contributed by atoms with Gasteiger partial charge in [-0.1, -0.05) is 0 Å². The summed E-state index contributed by atoms with van der Waals surface area (Å²) in [6.07, 6.45) is 0.275. The summed E-state index contributed by atoms with van der Waals surface area (Å²) in [4.78, 5) is 22.9. The zero-order valence-corrected chi connectivity index (χ0v) is 9.95. The molecule has 0 aliphatic heterocycles. The molecule has 2 rings (SSSR count). The molecule has 0 bridgehead atoms. The Morgan fingerprint density at radius 1 is 1.29 bits per heavy atom. The Morgan fingerprint density at radius 3 is 2.71 bits per heavy atom. The quantitative estimate of drug-likeness (QED) is 0.618. The van der Waals surface area contributed by atoms with Gasteiger partial charge in [0.1, 0.15) is 0 Å². The molecular formula is C12H10O4S. The van der Waals surface area contributed by atoms with Gasteiger partial charge in [0.05, 0.1) is 7.11 Å². The van der Waals surface area contributed by atoms with Crippen LogP contribution in [0, 0.1) is 0 Å². The van der Waals surface area contributed by atoms with Crippen LogP contribution in [0.25, 0.3) is 0 Å². The molecule has 17 heavy (non-hydrogen) atoms. The summed E-state index contributed by atoms with van der Waals surface area (Å²) >= 11 is 1.53. The highest BCUT2D eigenvalue weighted by molar-refractivity contribution is 7.08. The molecule has 5 heteroatoms. The number of methoxy groups -OCH3 is 1. The molecule has 0 aromatic carbocycles. The number of hydrogen-bond donors (Lipinski definition) is 0. The maximum atomic E-state index is 11.8. The van der Waals surface area contributed by atoms with Crippen LogP contribution in [0.2, 0.25) is 0 Å². The summed E-state index contributed by atoms with van der Waals surface area (Å²) in [5.41, 5.74) is 0.941. The lowest BCUT2D eigenvalue weighted by molar-refractivity contribution is 0.0563. The van der Waals surface area contributed by atoms with Gasteiger partial charge in [-0.15, -0.1) is 0 Å². The Bertz CT molecular complexity index is 524. The van der Waals surface area contributed by atoms with Crippen LogP contribution in [0.3, 0.4) is 0 Å². The minimum atomic E-state index is -0.584. The van der Waals surface area contributed by atoms with Crippen molar-refractivity contribution in [1.29, 1.82) is 0 Å². The number of thiophene rings is 1. The average Bonchev–Trinajstić information content (AvgIpc) is 2.98. The Labute approximate surface area is 102 Å². The number of ketones is 1. The van der Waals surface area contributed by atoms with Crippen molar-refractivity contribution in [1.82, 2.24) is 0 Å². The zero-order chi connectivity index (χ0) is 12.3. The molecule has 0 N–H and O–H groups in total. The van der Waals surface area contributed by atoms with Gasteiger partial charge < -0.3 is 9.15 Å². The van der Waals surface area contributed by atoms with Gasteiger partial charge in [0.25, 0.3) is 0 Å². The summed E-state index contributed by atoms with van der Waals surface area (Å²) in [5, 5.41) is 3.81. The first-order valence-corrected chi connectivity index (χ1v) is 5.87. The second-order valence-electron chi connectivity index (χ2n) is 3.39. The number of rotatable bonds is 4. The average molecular weight is 250 g/mol. The molecule has 0 saturated carbocycles. The van der Waals surface area contributed by atoms with Crippen molar-refractivity contribution in [2.24, 2.45) is 0 Å². The Kier molecular flexibility index (Phi) is 3.39. The van der Waals surface area contributed by atoms with E-state index in [2.05, 4.69) is 4.74 Å². The lowest BCUT2D eigenvalue weighted by Crippen LogP contribution is -2.02. The van der Waals surface area contributed by atoms with Crippen LogP contribution in [0.15, 0.2) is 33.4 Å². The summed E-state index contributed by atoms with van der Waals surface area (Å²) in [6.45, 7) is 0. The fourth-order valence-corrected chi connectivity index (χ4v) is 2.03. The molecule has 0 amide bonds. The lowest BCUT2D eigenvalue weighted by Gasteiger charge is -1.95. The second-order valence-corrected chi connectivity index (χ2v) is 4.17. The number of Topliss-reactive ketones (excluding diaryl/α,β-unsaturated/α-hetero) is 1. The van der Waals surface area contributed by atoms with Crippen molar-refractivity contribution in [2.75, 3.05) is 7.11 Å². The highest BCUT2D eigenvalue weighted by Crippen LogP contribution is 2.14. The van der Waals surface area contributed by atoms with Gasteiger partial charge in [-0.2, -0.15) is 11.3 Å². The number of esters is 1. The van der Waals surface area contributed by atoms with Crippen molar-refractivity contribution < 1.29 is 18.7 Å². The predicted molar refractivity (Wildman–Crippen MR) is 62.4 cm³/mol. The molecule has 0 aliphatic rings. The normalized spacial score (nSPS) is 10.2. The molecule has 0 spiro atoms. The molecule has 0 aliphatic carbocycles. The third-order valence-corrected chi connectivity index (χ3v) is 2.94. The van der Waals surface area contributed by atoms with Crippen LogP contribution in [-0.2, 0) is 11.2 Å². The second kappa shape index (κ2) is 4.97. The van der Waals surface area contributed by atoms with Gasteiger partial charge in [-0.3, -0.25) is 4.79 Å². The van der Waals surface area contributed by atoms with Crippen molar-refractivity contribution >= 4 is 23.1 Å². The van der Waals surface area contributed by atoms with Gasteiger partial charge in [0.15, 0.2) is 5.76 Å². The van der Waals surface area contributed by atoms with Crippen LogP contribution in [-0.4, -0.2) is 18.9 Å². The van der Waals surface area contributed by atoms with E-state index in [4.69, 9.17) is 4.42 Å². The van der Waals surface area contributed by atoms with Gasteiger partial charge in [0, 0.05) is 6.42 Å². The lowest BCUT2D eigenvalue weighted by atomic mass is 10.1. The topological polar surface area (TPSA) is 56.5 Å². The van der Waals surface area contributed by atoms with E-state index in [1.54, 1.807) is 0 Å². The maximum Gasteiger partial charge on any atom is 0.373 e. The number of carbonyl (C=O) groups is 2. The zero-order valence-electron chi connectivity index (χ0n) is 9.14. The van der Waals surface area contributed by atoms with Gasteiger partial charge in [0.2, 0.25) is 11.5 Å². The number of ether oxygens (including phenoxy) is 1. The van der Waals surface area contributed by atoms with Crippen LogP contribution in [0.4, 0.5) is 0 Å². The number of hydrogen-bond acceptors (Lipinski definition) is 5. The Balaban J connectivity index is 2.10. The molecule has 4 nitrogen and oxygen atoms in total. The van der Waals surface area contributed by atoms with Crippen LogP contribution >= 0.6 is 11.3 Å². The van der Waals surface area contributed by atoms with E-state index >= 15 is 0 Å². The van der Waals surface area contributed by atoms with Crippen molar-refractivity contribution in [3.63, 3.8) is 0 Å². The summed E-state index contributed by atoms with van der Waals surface area (Å²) in [7, 11) is 1.26. The molecule has 88 valence electrons. The van der Waals surface area contributed by atoms with E-state index in [1.807, 2.05) is 16.8 Å². The van der Waals surface area contributed by atoms with E-state index in [1.165, 1.54) is 30.6 Å². The summed E-state index contributed by atoms with van der Waals surface area (Å²) in [6, 6.07) is 4.81. The largest absolute Gasteiger partial charge is 0.463 e. The minimum absolute atomic E-state index is 0.0427. The molecule has 0 saturated heterocycles. The van der Waals surface area contributed by atoms with Gasteiger partial charge in [-0.05, 0) is 34.5 Å². The molecule has 0 atom stereocenters. The van der Waals surface area contributed by atoms with Crippen LogP contribution < -0.4 is 0 Å². The summed E-state index contributed by atoms with van der Waals surface area (Å²) in [5.74, 6) is -0.518. The first-order valence-electron chi connectivity index (χ1n) is 4.93. The highest BCUT2D eigenvalue weighted by atomic mass is 32.1. The molecule has 2 heterocycles. The smallest absolute Gasteiger partial charge is 0.373 e. The maximum absolute atomic E-state index is 11.8. The van der Waals surface area contributed by atoms with Crippen LogP contribution in [0.5, 0.6) is 0 Å². The molecule has 0 fully saturated rings.